The van der Waals surface area contributed by atoms with E-state index in [-0.39, 0.29) is 17.0 Å². The van der Waals surface area contributed by atoms with Crippen LogP contribution in [0.15, 0.2) is 34.3 Å². The molecule has 0 saturated carbocycles. The lowest BCUT2D eigenvalue weighted by molar-refractivity contribution is 0.592. The van der Waals surface area contributed by atoms with Crippen molar-refractivity contribution in [1.82, 2.24) is 0 Å². The molecule has 18 heavy (non-hydrogen) atoms. The van der Waals surface area contributed by atoms with Crippen LogP contribution < -0.4 is 5.14 Å². The maximum atomic E-state index is 13.5. The van der Waals surface area contributed by atoms with E-state index >= 15 is 0 Å². The van der Waals surface area contributed by atoms with Crippen LogP contribution in [0.2, 0.25) is 0 Å². The van der Waals surface area contributed by atoms with Gasteiger partial charge in [-0.1, -0.05) is 23.3 Å². The number of nitrogens with zero attached hydrogens (tertiary/aromatic N) is 3. The molecule has 0 aliphatic carbocycles. The van der Waals surface area contributed by atoms with E-state index in [1.54, 1.807) is 6.08 Å². The number of primary sulfonamides is 1. The Labute approximate surface area is 104 Å². The molecule has 1 aromatic carbocycles. The molecular formula is C10H11FN4O2S. The minimum atomic E-state index is -3.89. The fraction of sp³-hybridized carbons (Fsp3) is 0.200. The summed E-state index contributed by atoms with van der Waals surface area (Å²) < 4.78 is 35.5. The van der Waals surface area contributed by atoms with Crippen molar-refractivity contribution in [3.63, 3.8) is 0 Å². The molecule has 0 aromatic heterocycles. The van der Waals surface area contributed by atoms with Crippen molar-refractivity contribution in [3.05, 3.63) is 46.1 Å². The highest BCUT2D eigenvalue weighted by molar-refractivity contribution is 7.89. The van der Waals surface area contributed by atoms with Crippen LogP contribution in [0.4, 0.5) is 4.39 Å². The summed E-state index contributed by atoms with van der Waals surface area (Å²) in [7, 11) is -3.89. The van der Waals surface area contributed by atoms with Gasteiger partial charge in [0, 0.05) is 17.0 Å². The lowest BCUT2D eigenvalue weighted by Crippen LogP contribution is -2.12. The Kier molecular flexibility index (Phi) is 4.85. The van der Waals surface area contributed by atoms with Gasteiger partial charge in [-0.25, -0.2) is 17.9 Å². The molecule has 0 amide bonds. The molecule has 0 unspecified atom stereocenters. The van der Waals surface area contributed by atoms with Gasteiger partial charge < -0.3 is 0 Å². The van der Waals surface area contributed by atoms with Crippen LogP contribution in [0.1, 0.15) is 12.0 Å². The van der Waals surface area contributed by atoms with Crippen LogP contribution in [0, 0.1) is 5.82 Å². The topological polar surface area (TPSA) is 109 Å². The first-order chi connectivity index (χ1) is 8.45. The summed E-state index contributed by atoms with van der Waals surface area (Å²) in [6.07, 6.45) is 3.58. The molecule has 0 bridgehead atoms. The molecule has 0 atom stereocenters. The summed E-state index contributed by atoms with van der Waals surface area (Å²) in [5, 5.41) is 8.18. The number of hydrogen-bond donors (Lipinski definition) is 1. The first-order valence-electron chi connectivity index (χ1n) is 4.95. The first-order valence-corrected chi connectivity index (χ1v) is 6.49. The molecule has 8 heteroatoms. The van der Waals surface area contributed by atoms with Gasteiger partial charge in [0.25, 0.3) is 0 Å². The Morgan fingerprint density at radius 2 is 2.22 bits per heavy atom. The molecule has 2 N–H and O–H groups in total. The lowest BCUT2D eigenvalue weighted by Gasteiger charge is -2.01. The third-order valence-electron chi connectivity index (χ3n) is 2.06. The van der Waals surface area contributed by atoms with E-state index in [1.165, 1.54) is 18.2 Å². The van der Waals surface area contributed by atoms with Crippen LogP contribution in [0.25, 0.3) is 16.5 Å². The predicted octanol–water partition coefficient (Wildman–Crippen LogP) is 2.19. The zero-order valence-corrected chi connectivity index (χ0v) is 10.1. The summed E-state index contributed by atoms with van der Waals surface area (Å²) in [4.78, 5) is 2.30. The molecular weight excluding hydrogens is 259 g/mol. The number of nitrogens with two attached hydrogens (primary N) is 1. The average molecular weight is 270 g/mol. The fourth-order valence-corrected chi connectivity index (χ4v) is 1.73. The second-order valence-corrected chi connectivity index (χ2v) is 4.94. The third kappa shape index (κ3) is 4.17. The minimum absolute atomic E-state index is 0.239. The average Bonchev–Trinajstić information content (AvgIpc) is 2.29. The summed E-state index contributed by atoms with van der Waals surface area (Å²) >= 11 is 0. The Morgan fingerprint density at radius 3 is 2.78 bits per heavy atom. The van der Waals surface area contributed by atoms with Crippen molar-refractivity contribution in [2.24, 2.45) is 10.3 Å². The van der Waals surface area contributed by atoms with E-state index in [4.69, 9.17) is 10.7 Å². The summed E-state index contributed by atoms with van der Waals surface area (Å²) in [5.41, 5.74) is 8.28. The number of rotatable bonds is 5. The highest BCUT2D eigenvalue weighted by atomic mass is 32.2. The van der Waals surface area contributed by atoms with Gasteiger partial charge in [0.05, 0.1) is 4.90 Å². The molecule has 1 rings (SSSR count). The van der Waals surface area contributed by atoms with Crippen LogP contribution in [0.5, 0.6) is 0 Å². The van der Waals surface area contributed by atoms with Crippen LogP contribution in [0.3, 0.4) is 0 Å². The van der Waals surface area contributed by atoms with Crippen LogP contribution >= 0.6 is 0 Å². The van der Waals surface area contributed by atoms with E-state index in [0.29, 0.717) is 6.42 Å². The molecule has 0 saturated heterocycles. The minimum Gasteiger partial charge on any atom is -0.225 e. The van der Waals surface area contributed by atoms with Gasteiger partial charge in [0.1, 0.15) is 5.82 Å². The zero-order valence-electron chi connectivity index (χ0n) is 9.32. The highest BCUT2D eigenvalue weighted by Crippen LogP contribution is 2.15. The van der Waals surface area contributed by atoms with Crippen molar-refractivity contribution in [1.29, 1.82) is 0 Å². The van der Waals surface area contributed by atoms with E-state index < -0.39 is 15.8 Å². The van der Waals surface area contributed by atoms with Gasteiger partial charge in [-0.15, -0.1) is 0 Å². The molecule has 6 nitrogen and oxygen atoms in total. The summed E-state index contributed by atoms with van der Waals surface area (Å²) in [6, 6.07) is 3.41. The molecule has 0 radical (unpaired) electrons. The van der Waals surface area contributed by atoms with E-state index in [9.17, 15) is 12.8 Å². The second-order valence-electron chi connectivity index (χ2n) is 3.37. The lowest BCUT2D eigenvalue weighted by atomic mass is 10.2. The van der Waals surface area contributed by atoms with Gasteiger partial charge in [-0.2, -0.15) is 0 Å². The van der Waals surface area contributed by atoms with Crippen molar-refractivity contribution in [2.75, 3.05) is 6.54 Å². The summed E-state index contributed by atoms with van der Waals surface area (Å²) in [5.74, 6) is -0.679. The first kappa shape index (κ1) is 14.2. The normalized spacial score (nSPS) is 11.4. The molecule has 0 aliphatic heterocycles. The van der Waals surface area contributed by atoms with Gasteiger partial charge in [-0.05, 0) is 24.1 Å². The van der Waals surface area contributed by atoms with Crippen LogP contribution in [-0.4, -0.2) is 15.0 Å². The number of hydrogen-bond acceptors (Lipinski definition) is 3. The van der Waals surface area contributed by atoms with Gasteiger partial charge in [0.2, 0.25) is 10.0 Å². The van der Waals surface area contributed by atoms with E-state index in [2.05, 4.69) is 10.0 Å². The Balaban J connectivity index is 2.83. The van der Waals surface area contributed by atoms with Gasteiger partial charge in [-0.3, -0.25) is 0 Å². The molecule has 0 aliphatic rings. The number of benzene rings is 1. The fourth-order valence-electron chi connectivity index (χ4n) is 1.21. The number of azide groups is 1. The maximum absolute atomic E-state index is 13.5. The molecule has 0 spiro atoms. The monoisotopic (exact) mass is 270 g/mol. The van der Waals surface area contributed by atoms with Crippen molar-refractivity contribution < 1.29 is 12.8 Å². The predicted molar refractivity (Wildman–Crippen MR) is 65.4 cm³/mol. The maximum Gasteiger partial charge on any atom is 0.238 e. The Morgan fingerprint density at radius 1 is 1.50 bits per heavy atom. The molecule has 1 aromatic rings. The number of sulfonamides is 1. The smallest absolute Gasteiger partial charge is 0.225 e. The zero-order chi connectivity index (χ0) is 13.6. The molecule has 0 heterocycles. The summed E-state index contributed by atoms with van der Waals surface area (Å²) in [6.45, 7) is 0.282. The van der Waals surface area contributed by atoms with E-state index in [0.717, 1.165) is 6.07 Å². The largest absolute Gasteiger partial charge is 0.238 e. The van der Waals surface area contributed by atoms with Crippen molar-refractivity contribution in [2.45, 2.75) is 11.3 Å². The quantitative estimate of drug-likeness (QED) is 0.383. The molecule has 96 valence electrons. The standard InChI is InChI=1S/C10H11FN4O2S/c11-10-7-9(18(13,16)17)5-4-8(10)3-1-2-6-14-15-12/h1,3-5,7H,2,6H2,(H2,13,16,17). The van der Waals surface area contributed by atoms with Gasteiger partial charge in [0.15, 0.2) is 0 Å². The second kappa shape index (κ2) is 6.15. The number of halogens is 1. The molecule has 0 fully saturated rings. The third-order valence-corrected chi connectivity index (χ3v) is 2.97. The Bertz CT molecular complexity index is 606. The SMILES string of the molecule is [N-]=[N+]=NCCC=Cc1ccc(S(N)(=O)=O)cc1F. The van der Waals surface area contributed by atoms with Crippen LogP contribution in [-0.2, 0) is 10.0 Å². The van der Waals surface area contributed by atoms with E-state index in [1.807, 2.05) is 0 Å². The van der Waals surface area contributed by atoms with Crippen molar-refractivity contribution in [3.8, 4) is 0 Å². The Hall–Kier alpha value is -1.89. The van der Waals surface area contributed by atoms with Gasteiger partial charge >= 0.3 is 0 Å². The van der Waals surface area contributed by atoms with Crippen molar-refractivity contribution >= 4 is 16.1 Å². The highest BCUT2D eigenvalue weighted by Gasteiger charge is 2.09.